The minimum atomic E-state index is -0.558. The Morgan fingerprint density at radius 1 is 1.03 bits per heavy atom. The Morgan fingerprint density at radius 3 is 2.53 bits per heavy atom. The van der Waals surface area contributed by atoms with Crippen LogP contribution in [0.2, 0.25) is 0 Å². The molecule has 0 unspecified atom stereocenters. The van der Waals surface area contributed by atoms with E-state index in [1.807, 2.05) is 63.2 Å². The van der Waals surface area contributed by atoms with Gasteiger partial charge in [0.15, 0.2) is 11.5 Å². The first-order chi connectivity index (χ1) is 14.3. The zero-order valence-corrected chi connectivity index (χ0v) is 18.1. The first-order valence-corrected chi connectivity index (χ1v) is 10.4. The molecule has 0 saturated heterocycles. The number of ether oxygens (including phenoxy) is 2. The third kappa shape index (κ3) is 5.53. The van der Waals surface area contributed by atoms with Crippen molar-refractivity contribution in [3.05, 3.63) is 59.2 Å². The average molecular weight is 411 g/mol. The highest BCUT2D eigenvalue weighted by molar-refractivity contribution is 5.87. The molecule has 0 bridgehead atoms. The molecule has 6 nitrogen and oxygen atoms in total. The molecule has 1 atom stereocenters. The number of nitrogens with one attached hydrogen (secondary N) is 1. The maximum absolute atomic E-state index is 13.2. The third-order valence-electron chi connectivity index (χ3n) is 5.10. The first-order valence-electron chi connectivity index (χ1n) is 10.4. The lowest BCUT2D eigenvalue weighted by Gasteiger charge is -2.29. The lowest BCUT2D eigenvalue weighted by atomic mass is 10.1. The fourth-order valence-electron chi connectivity index (χ4n) is 3.49. The molecular formula is C24H30N2O4. The predicted molar refractivity (Wildman–Crippen MR) is 115 cm³/mol. The Hall–Kier alpha value is -3.02. The summed E-state index contributed by atoms with van der Waals surface area (Å²) in [6, 6.07) is 13.2. The summed E-state index contributed by atoms with van der Waals surface area (Å²) in [5.41, 5.74) is 3.14. The second kappa shape index (κ2) is 9.65. The van der Waals surface area contributed by atoms with Crippen LogP contribution in [0.5, 0.6) is 11.5 Å². The van der Waals surface area contributed by atoms with Gasteiger partial charge in [-0.2, -0.15) is 0 Å². The Labute approximate surface area is 178 Å². The van der Waals surface area contributed by atoms with Gasteiger partial charge < -0.3 is 19.7 Å². The van der Waals surface area contributed by atoms with Crippen LogP contribution in [0, 0.1) is 6.92 Å². The molecule has 1 N–H and O–H groups in total. The summed E-state index contributed by atoms with van der Waals surface area (Å²) >= 11 is 0. The molecule has 0 radical (unpaired) electrons. The Kier molecular flexibility index (Phi) is 6.98. The third-order valence-corrected chi connectivity index (χ3v) is 5.10. The quantitative estimate of drug-likeness (QED) is 0.722. The zero-order chi connectivity index (χ0) is 21.7. The molecule has 1 aliphatic heterocycles. The van der Waals surface area contributed by atoms with Crippen LogP contribution in [-0.4, -0.2) is 35.6 Å². The van der Waals surface area contributed by atoms with E-state index in [4.69, 9.17) is 9.47 Å². The second-order valence-electron chi connectivity index (χ2n) is 8.04. The van der Waals surface area contributed by atoms with Gasteiger partial charge in [0, 0.05) is 19.0 Å². The fourth-order valence-corrected chi connectivity index (χ4v) is 3.49. The van der Waals surface area contributed by atoms with Crippen molar-refractivity contribution in [2.24, 2.45) is 0 Å². The topological polar surface area (TPSA) is 67.9 Å². The number of aryl methyl sites for hydroxylation is 2. The number of fused-ring (bicyclic) bond motifs is 1. The minimum absolute atomic E-state index is 0.0181. The van der Waals surface area contributed by atoms with Crippen molar-refractivity contribution in [1.82, 2.24) is 10.2 Å². The fraction of sp³-hybridized carbons (Fsp3) is 0.417. The number of hydrogen-bond donors (Lipinski definition) is 1. The van der Waals surface area contributed by atoms with Gasteiger partial charge in [-0.05, 0) is 57.4 Å². The van der Waals surface area contributed by atoms with E-state index in [9.17, 15) is 9.59 Å². The van der Waals surface area contributed by atoms with E-state index >= 15 is 0 Å². The molecule has 1 aliphatic rings. The van der Waals surface area contributed by atoms with Crippen molar-refractivity contribution in [3.8, 4) is 11.5 Å². The highest BCUT2D eigenvalue weighted by atomic mass is 16.7. The first kappa shape index (κ1) is 21.7. The Bertz CT molecular complexity index is 910. The molecule has 1 heterocycles. The largest absolute Gasteiger partial charge is 0.454 e. The number of rotatable bonds is 8. The minimum Gasteiger partial charge on any atom is -0.454 e. The molecule has 2 aromatic carbocycles. The number of carbonyl (C=O) groups is 2. The van der Waals surface area contributed by atoms with Crippen LogP contribution in [0.3, 0.4) is 0 Å². The van der Waals surface area contributed by atoms with E-state index in [1.165, 1.54) is 0 Å². The van der Waals surface area contributed by atoms with Gasteiger partial charge in [-0.1, -0.05) is 35.9 Å². The maximum atomic E-state index is 13.2. The van der Waals surface area contributed by atoms with E-state index in [1.54, 1.807) is 11.8 Å². The summed E-state index contributed by atoms with van der Waals surface area (Å²) in [7, 11) is 0. The lowest BCUT2D eigenvalue weighted by molar-refractivity contribution is -0.140. The van der Waals surface area contributed by atoms with Crippen LogP contribution in [0.1, 0.15) is 43.9 Å². The van der Waals surface area contributed by atoms with Crippen LogP contribution in [-0.2, 0) is 22.6 Å². The van der Waals surface area contributed by atoms with Crippen molar-refractivity contribution < 1.29 is 19.1 Å². The van der Waals surface area contributed by atoms with Gasteiger partial charge >= 0.3 is 0 Å². The zero-order valence-electron chi connectivity index (χ0n) is 18.1. The van der Waals surface area contributed by atoms with E-state index in [0.717, 1.165) is 22.4 Å². The number of amides is 2. The molecule has 0 aromatic heterocycles. The second-order valence-corrected chi connectivity index (χ2v) is 8.04. The number of nitrogens with zero attached hydrogens (tertiary/aromatic N) is 1. The van der Waals surface area contributed by atoms with Crippen LogP contribution < -0.4 is 14.8 Å². The Morgan fingerprint density at radius 2 is 1.80 bits per heavy atom. The van der Waals surface area contributed by atoms with Gasteiger partial charge in [-0.15, -0.1) is 0 Å². The number of hydrogen-bond acceptors (Lipinski definition) is 4. The molecule has 0 fully saturated rings. The molecule has 0 spiro atoms. The van der Waals surface area contributed by atoms with Gasteiger partial charge in [0.25, 0.3) is 0 Å². The molecule has 0 aliphatic carbocycles. The summed E-state index contributed by atoms with van der Waals surface area (Å²) in [5, 5.41) is 2.91. The van der Waals surface area contributed by atoms with E-state index < -0.39 is 6.04 Å². The predicted octanol–water partition coefficient (Wildman–Crippen LogP) is 3.60. The standard InChI is InChI=1S/C24H30N2O4/c1-16(2)25-24(28)18(4)26(14-20-7-5-6-17(3)12-20)23(27)11-9-19-8-10-21-22(13-19)30-15-29-21/h5-8,10,12-13,16,18H,9,11,14-15H2,1-4H3,(H,25,28)/t18-/m0/s1. The normalized spacial score (nSPS) is 13.2. The van der Waals surface area contributed by atoms with Crippen molar-refractivity contribution in [3.63, 3.8) is 0 Å². The molecule has 2 amide bonds. The number of benzene rings is 2. The van der Waals surface area contributed by atoms with Crippen LogP contribution in [0.4, 0.5) is 0 Å². The molecule has 2 aromatic rings. The highest BCUT2D eigenvalue weighted by Crippen LogP contribution is 2.32. The lowest BCUT2D eigenvalue weighted by Crippen LogP contribution is -2.49. The van der Waals surface area contributed by atoms with Gasteiger partial charge in [-0.3, -0.25) is 9.59 Å². The van der Waals surface area contributed by atoms with E-state index in [-0.39, 0.29) is 24.6 Å². The summed E-state index contributed by atoms with van der Waals surface area (Å²) < 4.78 is 10.8. The van der Waals surface area contributed by atoms with Crippen LogP contribution >= 0.6 is 0 Å². The van der Waals surface area contributed by atoms with Crippen molar-refractivity contribution in [1.29, 1.82) is 0 Å². The highest BCUT2D eigenvalue weighted by Gasteiger charge is 2.26. The average Bonchev–Trinajstić information content (AvgIpc) is 3.17. The summed E-state index contributed by atoms with van der Waals surface area (Å²) in [6.45, 7) is 8.25. The van der Waals surface area contributed by atoms with Gasteiger partial charge in [0.2, 0.25) is 18.6 Å². The van der Waals surface area contributed by atoms with E-state index in [0.29, 0.717) is 25.1 Å². The molecular weight excluding hydrogens is 380 g/mol. The van der Waals surface area contributed by atoms with Crippen molar-refractivity contribution in [2.75, 3.05) is 6.79 Å². The molecule has 0 saturated carbocycles. The summed E-state index contributed by atoms with van der Waals surface area (Å²) in [4.78, 5) is 27.5. The summed E-state index contributed by atoms with van der Waals surface area (Å²) in [5.74, 6) is 1.24. The SMILES string of the molecule is Cc1cccc(CN(C(=O)CCc2ccc3c(c2)OCO3)[C@@H](C)C(=O)NC(C)C)c1. The smallest absolute Gasteiger partial charge is 0.242 e. The molecule has 6 heteroatoms. The Balaban J connectivity index is 1.72. The van der Waals surface area contributed by atoms with Gasteiger partial charge in [0.1, 0.15) is 6.04 Å². The van der Waals surface area contributed by atoms with Gasteiger partial charge in [0.05, 0.1) is 0 Å². The van der Waals surface area contributed by atoms with Crippen LogP contribution in [0.25, 0.3) is 0 Å². The molecule has 160 valence electrons. The monoisotopic (exact) mass is 410 g/mol. The number of carbonyl (C=O) groups excluding carboxylic acids is 2. The maximum Gasteiger partial charge on any atom is 0.242 e. The van der Waals surface area contributed by atoms with E-state index in [2.05, 4.69) is 5.32 Å². The summed E-state index contributed by atoms with van der Waals surface area (Å²) in [6.07, 6.45) is 0.878. The van der Waals surface area contributed by atoms with Crippen molar-refractivity contribution in [2.45, 2.75) is 59.2 Å². The van der Waals surface area contributed by atoms with Crippen LogP contribution in [0.15, 0.2) is 42.5 Å². The molecule has 30 heavy (non-hydrogen) atoms. The van der Waals surface area contributed by atoms with Gasteiger partial charge in [-0.25, -0.2) is 0 Å². The van der Waals surface area contributed by atoms with Crippen molar-refractivity contribution >= 4 is 11.8 Å². The molecule has 3 rings (SSSR count).